The summed E-state index contributed by atoms with van der Waals surface area (Å²) in [6.45, 7) is 0. The zero-order valence-electron chi connectivity index (χ0n) is 11.2. The van der Waals surface area contributed by atoms with Crippen LogP contribution in [0.25, 0.3) is 0 Å². The summed E-state index contributed by atoms with van der Waals surface area (Å²) >= 11 is 0. The second-order valence-electron chi connectivity index (χ2n) is 5.02. The van der Waals surface area contributed by atoms with Crippen LogP contribution in [-0.2, 0) is 21.6 Å². The molecule has 2 rings (SSSR count). The second-order valence-corrected chi connectivity index (χ2v) is 5.02. The SMILES string of the molecule is COC1(c2noc(CCCC(=O)O)n2)CCCCC1. The summed E-state index contributed by atoms with van der Waals surface area (Å²) in [5.74, 6) is 0.304. The van der Waals surface area contributed by atoms with E-state index in [1.165, 1.54) is 6.42 Å². The second kappa shape index (κ2) is 6.14. The van der Waals surface area contributed by atoms with Crippen molar-refractivity contribution in [2.75, 3.05) is 7.11 Å². The molecule has 1 fully saturated rings. The zero-order chi connectivity index (χ0) is 13.7. The van der Waals surface area contributed by atoms with Gasteiger partial charge in [-0.3, -0.25) is 4.79 Å². The molecule has 0 saturated heterocycles. The summed E-state index contributed by atoms with van der Waals surface area (Å²) in [4.78, 5) is 14.8. The lowest BCUT2D eigenvalue weighted by atomic mass is 9.84. The van der Waals surface area contributed by atoms with E-state index in [4.69, 9.17) is 14.4 Å². The molecule has 1 aromatic rings. The van der Waals surface area contributed by atoms with Crippen molar-refractivity contribution < 1.29 is 19.2 Å². The normalized spacial score (nSPS) is 18.4. The molecular formula is C13H20N2O4. The lowest BCUT2D eigenvalue weighted by molar-refractivity contribution is -0.137. The smallest absolute Gasteiger partial charge is 0.303 e. The number of nitrogens with zero attached hydrogens (tertiary/aromatic N) is 2. The summed E-state index contributed by atoms with van der Waals surface area (Å²) < 4.78 is 10.8. The summed E-state index contributed by atoms with van der Waals surface area (Å²) in [5.41, 5.74) is -0.410. The fourth-order valence-electron chi connectivity index (χ4n) is 2.57. The Labute approximate surface area is 112 Å². The van der Waals surface area contributed by atoms with E-state index < -0.39 is 11.6 Å². The van der Waals surface area contributed by atoms with Gasteiger partial charge in [-0.05, 0) is 19.3 Å². The van der Waals surface area contributed by atoms with Crippen molar-refractivity contribution in [1.82, 2.24) is 10.1 Å². The van der Waals surface area contributed by atoms with Crippen molar-refractivity contribution in [3.05, 3.63) is 11.7 Å². The van der Waals surface area contributed by atoms with Crippen LogP contribution in [-0.4, -0.2) is 28.3 Å². The van der Waals surface area contributed by atoms with Crippen LogP contribution < -0.4 is 0 Å². The number of rotatable bonds is 6. The highest BCUT2D eigenvalue weighted by molar-refractivity contribution is 5.66. The van der Waals surface area contributed by atoms with Gasteiger partial charge < -0.3 is 14.4 Å². The Morgan fingerprint density at radius 2 is 2.16 bits per heavy atom. The van der Waals surface area contributed by atoms with Crippen LogP contribution in [0.3, 0.4) is 0 Å². The molecule has 106 valence electrons. The van der Waals surface area contributed by atoms with Crippen molar-refractivity contribution in [2.24, 2.45) is 0 Å². The van der Waals surface area contributed by atoms with Crippen LogP contribution in [0.1, 0.15) is 56.7 Å². The number of ether oxygens (including phenoxy) is 1. The number of hydrogen-bond acceptors (Lipinski definition) is 5. The molecule has 0 atom stereocenters. The minimum atomic E-state index is -0.805. The first kappa shape index (κ1) is 14.0. The fourth-order valence-corrected chi connectivity index (χ4v) is 2.57. The predicted molar refractivity (Wildman–Crippen MR) is 66.6 cm³/mol. The minimum absolute atomic E-state index is 0.118. The average Bonchev–Trinajstić information content (AvgIpc) is 2.88. The van der Waals surface area contributed by atoms with Gasteiger partial charge in [-0.25, -0.2) is 0 Å². The van der Waals surface area contributed by atoms with Crippen molar-refractivity contribution in [1.29, 1.82) is 0 Å². The third-order valence-electron chi connectivity index (χ3n) is 3.71. The summed E-state index contributed by atoms with van der Waals surface area (Å²) in [7, 11) is 1.69. The molecule has 1 saturated carbocycles. The molecule has 1 aliphatic carbocycles. The highest BCUT2D eigenvalue weighted by Gasteiger charge is 2.38. The Bertz CT molecular complexity index is 424. The summed E-state index contributed by atoms with van der Waals surface area (Å²) in [6.07, 6.45) is 6.39. The van der Waals surface area contributed by atoms with Crippen LogP contribution in [0.2, 0.25) is 0 Å². The van der Waals surface area contributed by atoms with E-state index in [-0.39, 0.29) is 6.42 Å². The fraction of sp³-hybridized carbons (Fsp3) is 0.769. The Kier molecular flexibility index (Phi) is 4.52. The molecule has 0 bridgehead atoms. The van der Waals surface area contributed by atoms with E-state index in [1.54, 1.807) is 7.11 Å². The highest BCUT2D eigenvalue weighted by atomic mass is 16.5. The van der Waals surface area contributed by atoms with Gasteiger partial charge in [-0.15, -0.1) is 0 Å². The molecule has 6 heteroatoms. The number of carboxylic acid groups (broad SMARTS) is 1. The van der Waals surface area contributed by atoms with Gasteiger partial charge in [-0.2, -0.15) is 4.98 Å². The van der Waals surface area contributed by atoms with Gasteiger partial charge in [0, 0.05) is 20.0 Å². The molecule has 0 spiro atoms. The van der Waals surface area contributed by atoms with Gasteiger partial charge in [0.05, 0.1) is 0 Å². The molecule has 0 amide bonds. The Morgan fingerprint density at radius 3 is 2.79 bits per heavy atom. The number of methoxy groups -OCH3 is 1. The van der Waals surface area contributed by atoms with Crippen molar-refractivity contribution >= 4 is 5.97 Å². The predicted octanol–water partition coefficient (Wildman–Crippen LogP) is 2.28. The van der Waals surface area contributed by atoms with E-state index in [0.717, 1.165) is 25.7 Å². The van der Waals surface area contributed by atoms with E-state index >= 15 is 0 Å². The van der Waals surface area contributed by atoms with Crippen LogP contribution in [0, 0.1) is 0 Å². The molecule has 1 aliphatic rings. The number of aryl methyl sites for hydroxylation is 1. The Hall–Kier alpha value is -1.43. The van der Waals surface area contributed by atoms with Crippen LogP contribution in [0.15, 0.2) is 4.52 Å². The largest absolute Gasteiger partial charge is 0.481 e. The lowest BCUT2D eigenvalue weighted by Crippen LogP contribution is -2.32. The maximum atomic E-state index is 10.5. The zero-order valence-corrected chi connectivity index (χ0v) is 11.2. The van der Waals surface area contributed by atoms with Crippen molar-refractivity contribution in [2.45, 2.75) is 57.0 Å². The van der Waals surface area contributed by atoms with Crippen molar-refractivity contribution in [3.63, 3.8) is 0 Å². The standard InChI is InChI=1S/C13H20N2O4/c1-18-13(8-3-2-4-9-13)12-14-10(19-15-12)6-5-7-11(16)17/h2-9H2,1H3,(H,16,17). The summed E-state index contributed by atoms with van der Waals surface area (Å²) in [5, 5.41) is 12.6. The molecule has 0 radical (unpaired) electrons. The van der Waals surface area contributed by atoms with E-state index in [0.29, 0.717) is 24.6 Å². The monoisotopic (exact) mass is 268 g/mol. The minimum Gasteiger partial charge on any atom is -0.481 e. The van der Waals surface area contributed by atoms with Gasteiger partial charge in [0.1, 0.15) is 5.60 Å². The van der Waals surface area contributed by atoms with Crippen molar-refractivity contribution in [3.8, 4) is 0 Å². The first-order chi connectivity index (χ1) is 9.16. The Balaban J connectivity index is 2.00. The molecule has 0 unspecified atom stereocenters. The Morgan fingerprint density at radius 1 is 1.42 bits per heavy atom. The topological polar surface area (TPSA) is 85.5 Å². The third kappa shape index (κ3) is 3.32. The first-order valence-electron chi connectivity index (χ1n) is 6.76. The van der Waals surface area contributed by atoms with Gasteiger partial charge in [0.2, 0.25) is 11.7 Å². The molecule has 0 aromatic carbocycles. The molecular weight excluding hydrogens is 248 g/mol. The van der Waals surface area contributed by atoms with Gasteiger partial charge in [-0.1, -0.05) is 24.4 Å². The molecule has 1 N–H and O–H groups in total. The number of aliphatic carboxylic acids is 1. The van der Waals surface area contributed by atoms with Gasteiger partial charge in [0.25, 0.3) is 0 Å². The summed E-state index contributed by atoms with van der Waals surface area (Å²) in [6, 6.07) is 0. The quantitative estimate of drug-likeness (QED) is 0.851. The van der Waals surface area contributed by atoms with Crippen LogP contribution in [0.4, 0.5) is 0 Å². The molecule has 0 aliphatic heterocycles. The number of carbonyl (C=O) groups is 1. The highest BCUT2D eigenvalue weighted by Crippen LogP contribution is 2.38. The average molecular weight is 268 g/mol. The maximum absolute atomic E-state index is 10.5. The lowest BCUT2D eigenvalue weighted by Gasteiger charge is -2.32. The number of hydrogen-bond donors (Lipinski definition) is 1. The first-order valence-corrected chi connectivity index (χ1v) is 6.76. The molecule has 19 heavy (non-hydrogen) atoms. The van der Waals surface area contributed by atoms with Crippen LogP contribution in [0.5, 0.6) is 0 Å². The van der Waals surface area contributed by atoms with E-state index in [1.807, 2.05) is 0 Å². The van der Waals surface area contributed by atoms with E-state index in [9.17, 15) is 4.79 Å². The number of carboxylic acids is 1. The van der Waals surface area contributed by atoms with Gasteiger partial charge in [0.15, 0.2) is 0 Å². The van der Waals surface area contributed by atoms with E-state index in [2.05, 4.69) is 10.1 Å². The van der Waals surface area contributed by atoms with Gasteiger partial charge >= 0.3 is 5.97 Å². The third-order valence-corrected chi connectivity index (χ3v) is 3.71. The maximum Gasteiger partial charge on any atom is 0.303 e. The number of aromatic nitrogens is 2. The van der Waals surface area contributed by atoms with Crippen LogP contribution >= 0.6 is 0 Å². The molecule has 1 heterocycles. The molecule has 1 aromatic heterocycles. The molecule has 6 nitrogen and oxygen atoms in total.